The quantitative estimate of drug-likeness (QED) is 0.160. The maximum atomic E-state index is 11.9. The van der Waals surface area contributed by atoms with Gasteiger partial charge in [-0.25, -0.2) is 0 Å². The first kappa shape index (κ1) is 27.9. The Kier molecular flexibility index (Phi) is 17.6. The van der Waals surface area contributed by atoms with E-state index in [-0.39, 0.29) is 12.5 Å². The number of carbonyl (C=O) groups is 1. The molecular formula is C25H41BrN2O2S. The first-order valence-corrected chi connectivity index (χ1v) is 13.3. The Morgan fingerprint density at radius 2 is 1.32 bits per heavy atom. The van der Waals surface area contributed by atoms with Gasteiger partial charge in [-0.1, -0.05) is 106 Å². The molecule has 0 saturated carbocycles. The van der Waals surface area contributed by atoms with Crippen molar-refractivity contribution >= 4 is 39.2 Å². The number of carbonyl (C=O) groups excluding carboxylic acids is 1. The van der Waals surface area contributed by atoms with Crippen LogP contribution in [0.2, 0.25) is 0 Å². The molecule has 0 fully saturated rings. The van der Waals surface area contributed by atoms with Crippen LogP contribution in [0.3, 0.4) is 0 Å². The van der Waals surface area contributed by atoms with E-state index in [4.69, 9.17) is 17.0 Å². The van der Waals surface area contributed by atoms with Crippen molar-refractivity contribution in [1.29, 1.82) is 0 Å². The van der Waals surface area contributed by atoms with Crippen molar-refractivity contribution < 1.29 is 9.53 Å². The summed E-state index contributed by atoms with van der Waals surface area (Å²) in [6, 6.07) is 7.36. The molecule has 1 rings (SSSR count). The Morgan fingerprint density at radius 1 is 0.839 bits per heavy atom. The lowest BCUT2D eigenvalue weighted by molar-refractivity contribution is -0.121. The predicted octanol–water partition coefficient (Wildman–Crippen LogP) is 7.30. The SMILES string of the molecule is CCCCCCCCCCCCCCCCNC(=S)NC(=O)COc1ccc(Br)cc1. The normalized spacial score (nSPS) is 10.6. The molecule has 0 unspecified atom stereocenters. The molecule has 176 valence electrons. The Hall–Kier alpha value is -1.14. The maximum absolute atomic E-state index is 11.9. The molecule has 0 saturated heterocycles. The second-order valence-electron chi connectivity index (χ2n) is 8.14. The molecule has 4 nitrogen and oxygen atoms in total. The molecule has 0 aromatic heterocycles. The predicted molar refractivity (Wildman–Crippen MR) is 139 cm³/mol. The van der Waals surface area contributed by atoms with Gasteiger partial charge in [0.25, 0.3) is 5.91 Å². The summed E-state index contributed by atoms with van der Waals surface area (Å²) in [6.07, 6.45) is 18.8. The number of thiocarbonyl (C=S) groups is 1. The second kappa shape index (κ2) is 19.5. The zero-order valence-corrected chi connectivity index (χ0v) is 21.6. The van der Waals surface area contributed by atoms with Crippen LogP contribution >= 0.6 is 28.1 Å². The van der Waals surface area contributed by atoms with Gasteiger partial charge >= 0.3 is 0 Å². The molecule has 31 heavy (non-hydrogen) atoms. The maximum Gasteiger partial charge on any atom is 0.264 e. The van der Waals surface area contributed by atoms with E-state index in [0.717, 1.165) is 17.4 Å². The highest BCUT2D eigenvalue weighted by molar-refractivity contribution is 9.10. The largest absolute Gasteiger partial charge is 0.484 e. The van der Waals surface area contributed by atoms with Crippen molar-refractivity contribution in [1.82, 2.24) is 10.6 Å². The molecule has 0 aliphatic rings. The van der Waals surface area contributed by atoms with Crippen LogP contribution < -0.4 is 15.4 Å². The molecule has 1 amide bonds. The van der Waals surface area contributed by atoms with Crippen molar-refractivity contribution in [2.75, 3.05) is 13.2 Å². The van der Waals surface area contributed by atoms with Gasteiger partial charge in [-0.2, -0.15) is 0 Å². The van der Waals surface area contributed by atoms with Crippen LogP contribution in [0.5, 0.6) is 5.75 Å². The van der Waals surface area contributed by atoms with Crippen LogP contribution in [0.15, 0.2) is 28.7 Å². The summed E-state index contributed by atoms with van der Waals surface area (Å²) in [7, 11) is 0. The zero-order valence-electron chi connectivity index (χ0n) is 19.2. The van der Waals surface area contributed by atoms with Gasteiger partial charge in [0, 0.05) is 11.0 Å². The number of rotatable bonds is 18. The van der Waals surface area contributed by atoms with Crippen LogP contribution in [-0.2, 0) is 4.79 Å². The van der Waals surface area contributed by atoms with E-state index in [1.54, 1.807) is 0 Å². The Morgan fingerprint density at radius 3 is 1.84 bits per heavy atom. The van der Waals surface area contributed by atoms with Gasteiger partial charge in [0.15, 0.2) is 11.7 Å². The fraction of sp³-hybridized carbons (Fsp3) is 0.680. The monoisotopic (exact) mass is 512 g/mol. The van der Waals surface area contributed by atoms with Gasteiger partial charge in [-0.3, -0.25) is 4.79 Å². The van der Waals surface area contributed by atoms with Crippen LogP contribution in [0, 0.1) is 0 Å². The highest BCUT2D eigenvalue weighted by Crippen LogP contribution is 2.16. The summed E-state index contributed by atoms with van der Waals surface area (Å²) in [5.41, 5.74) is 0. The van der Waals surface area contributed by atoms with Gasteiger partial charge in [0.05, 0.1) is 0 Å². The van der Waals surface area contributed by atoms with Gasteiger partial charge in [0.1, 0.15) is 5.75 Å². The molecule has 1 aromatic carbocycles. The minimum absolute atomic E-state index is 0.0533. The number of unbranched alkanes of at least 4 members (excludes halogenated alkanes) is 13. The van der Waals surface area contributed by atoms with Crippen molar-refractivity contribution in [2.24, 2.45) is 0 Å². The summed E-state index contributed by atoms with van der Waals surface area (Å²) in [6.45, 7) is 3.02. The van der Waals surface area contributed by atoms with Crippen molar-refractivity contribution in [3.05, 3.63) is 28.7 Å². The molecule has 0 spiro atoms. The average Bonchev–Trinajstić information content (AvgIpc) is 2.76. The molecule has 0 bridgehead atoms. The van der Waals surface area contributed by atoms with E-state index in [0.29, 0.717) is 10.9 Å². The molecule has 0 radical (unpaired) electrons. The standard InChI is InChI=1S/C25H41BrN2O2S/c1-2-3-4-5-6-7-8-9-10-11-12-13-14-15-20-27-25(31)28-24(29)21-30-23-18-16-22(26)17-19-23/h16-19H,2-15,20-21H2,1H3,(H2,27,28,29,31). The highest BCUT2D eigenvalue weighted by Gasteiger charge is 2.05. The summed E-state index contributed by atoms with van der Waals surface area (Å²) < 4.78 is 6.40. The smallest absolute Gasteiger partial charge is 0.264 e. The molecule has 0 heterocycles. The summed E-state index contributed by atoms with van der Waals surface area (Å²) in [4.78, 5) is 11.9. The first-order valence-electron chi connectivity index (χ1n) is 12.1. The Labute approximate surface area is 203 Å². The fourth-order valence-electron chi connectivity index (χ4n) is 3.41. The van der Waals surface area contributed by atoms with E-state index in [9.17, 15) is 4.79 Å². The van der Waals surface area contributed by atoms with Gasteiger partial charge in [0.2, 0.25) is 0 Å². The molecule has 1 aromatic rings. The first-order chi connectivity index (χ1) is 15.1. The topological polar surface area (TPSA) is 50.4 Å². The van der Waals surface area contributed by atoms with Gasteiger partial charge in [-0.05, 0) is 42.9 Å². The lowest BCUT2D eigenvalue weighted by atomic mass is 10.0. The highest BCUT2D eigenvalue weighted by atomic mass is 79.9. The lowest BCUT2D eigenvalue weighted by Crippen LogP contribution is -2.41. The zero-order chi connectivity index (χ0) is 22.6. The molecule has 6 heteroatoms. The lowest BCUT2D eigenvalue weighted by Gasteiger charge is -2.10. The summed E-state index contributed by atoms with van der Waals surface area (Å²) in [5, 5.41) is 6.13. The third kappa shape index (κ3) is 17.1. The minimum Gasteiger partial charge on any atom is -0.484 e. The van der Waals surface area contributed by atoms with Crippen molar-refractivity contribution in [2.45, 2.75) is 96.8 Å². The Balaban J connectivity index is 1.85. The molecule has 0 aliphatic carbocycles. The van der Waals surface area contributed by atoms with Crippen LogP contribution in [0.4, 0.5) is 0 Å². The number of hydrogen-bond donors (Lipinski definition) is 2. The fourth-order valence-corrected chi connectivity index (χ4v) is 3.89. The number of benzene rings is 1. The van der Waals surface area contributed by atoms with E-state index in [2.05, 4.69) is 33.5 Å². The molecule has 0 aliphatic heterocycles. The van der Waals surface area contributed by atoms with Crippen molar-refractivity contribution in [3.63, 3.8) is 0 Å². The van der Waals surface area contributed by atoms with E-state index >= 15 is 0 Å². The Bertz CT molecular complexity index is 596. The number of amides is 1. The number of nitrogens with one attached hydrogen (secondary N) is 2. The second-order valence-corrected chi connectivity index (χ2v) is 9.47. The molecule has 2 N–H and O–H groups in total. The summed E-state index contributed by atoms with van der Waals surface area (Å²) >= 11 is 8.54. The van der Waals surface area contributed by atoms with E-state index in [1.807, 2.05) is 24.3 Å². The minimum atomic E-state index is -0.249. The third-order valence-electron chi connectivity index (χ3n) is 5.25. The average molecular weight is 514 g/mol. The summed E-state index contributed by atoms with van der Waals surface area (Å²) in [5.74, 6) is 0.404. The van der Waals surface area contributed by atoms with Crippen LogP contribution in [0.1, 0.15) is 96.8 Å². The van der Waals surface area contributed by atoms with Crippen LogP contribution in [-0.4, -0.2) is 24.2 Å². The number of ether oxygens (including phenoxy) is 1. The van der Waals surface area contributed by atoms with Crippen LogP contribution in [0.25, 0.3) is 0 Å². The number of hydrogen-bond acceptors (Lipinski definition) is 3. The van der Waals surface area contributed by atoms with Gasteiger partial charge < -0.3 is 15.4 Å². The molecule has 0 atom stereocenters. The van der Waals surface area contributed by atoms with E-state index in [1.165, 1.54) is 83.5 Å². The third-order valence-corrected chi connectivity index (χ3v) is 6.03. The van der Waals surface area contributed by atoms with Gasteiger partial charge in [-0.15, -0.1) is 0 Å². The number of halogens is 1. The van der Waals surface area contributed by atoms with E-state index < -0.39 is 0 Å². The molecular weight excluding hydrogens is 472 g/mol. The van der Waals surface area contributed by atoms with Crippen molar-refractivity contribution in [3.8, 4) is 5.75 Å².